The Labute approximate surface area is 127 Å². The number of anilines is 1. The Hall–Kier alpha value is -1.80. The highest BCUT2D eigenvalue weighted by Gasteiger charge is 2.16. The monoisotopic (exact) mass is 280 g/mol. The summed E-state index contributed by atoms with van der Waals surface area (Å²) in [5.74, 6) is 0. The summed E-state index contributed by atoms with van der Waals surface area (Å²) in [4.78, 5) is 2.53. The van der Waals surface area contributed by atoms with Gasteiger partial charge in [0.25, 0.3) is 0 Å². The maximum absolute atomic E-state index is 6.00. The van der Waals surface area contributed by atoms with Gasteiger partial charge in [0, 0.05) is 24.8 Å². The molecule has 3 rings (SSSR count). The molecule has 0 fully saturated rings. The van der Waals surface area contributed by atoms with Crippen LogP contribution in [0.1, 0.15) is 23.6 Å². The molecule has 21 heavy (non-hydrogen) atoms. The average Bonchev–Trinajstić information content (AvgIpc) is 2.70. The highest BCUT2D eigenvalue weighted by molar-refractivity contribution is 5.55. The van der Waals surface area contributed by atoms with Crippen LogP contribution in [0.25, 0.3) is 0 Å². The number of benzene rings is 2. The fourth-order valence-corrected chi connectivity index (χ4v) is 3.25. The summed E-state index contributed by atoms with van der Waals surface area (Å²) in [5, 5.41) is 0. The van der Waals surface area contributed by atoms with Crippen LogP contribution < -0.4 is 10.6 Å². The van der Waals surface area contributed by atoms with Crippen molar-refractivity contribution in [1.29, 1.82) is 0 Å². The predicted molar refractivity (Wildman–Crippen MR) is 89.9 cm³/mol. The molecule has 2 aromatic rings. The van der Waals surface area contributed by atoms with E-state index in [2.05, 4.69) is 60.4 Å². The summed E-state index contributed by atoms with van der Waals surface area (Å²) in [5.41, 5.74) is 11.7. The summed E-state index contributed by atoms with van der Waals surface area (Å²) in [7, 11) is 0. The first kappa shape index (κ1) is 14.2. The molecule has 0 spiro atoms. The third kappa shape index (κ3) is 3.27. The van der Waals surface area contributed by atoms with Crippen molar-refractivity contribution in [2.75, 3.05) is 18.0 Å². The van der Waals surface area contributed by atoms with Gasteiger partial charge in [-0.3, -0.25) is 0 Å². The minimum absolute atomic E-state index is 0.204. The van der Waals surface area contributed by atoms with E-state index in [4.69, 9.17) is 5.73 Å². The minimum Gasteiger partial charge on any atom is -0.371 e. The highest BCUT2D eigenvalue weighted by Crippen LogP contribution is 2.25. The predicted octanol–water partition coefficient (Wildman–Crippen LogP) is 3.18. The fraction of sp³-hybridized carbons (Fsp3) is 0.368. The van der Waals surface area contributed by atoms with Gasteiger partial charge in [-0.25, -0.2) is 0 Å². The molecule has 1 atom stereocenters. The zero-order valence-corrected chi connectivity index (χ0v) is 12.8. The number of para-hydroxylation sites is 1. The Morgan fingerprint density at radius 2 is 1.52 bits per heavy atom. The van der Waals surface area contributed by atoms with E-state index in [1.165, 1.54) is 22.4 Å². The summed E-state index contributed by atoms with van der Waals surface area (Å²) in [6.07, 6.45) is 3.20. The molecular formula is C19H24N2. The summed E-state index contributed by atoms with van der Waals surface area (Å²) in [6.45, 7) is 4.26. The second-order valence-corrected chi connectivity index (χ2v) is 6.07. The van der Waals surface area contributed by atoms with E-state index < -0.39 is 0 Å². The molecule has 0 saturated carbocycles. The zero-order chi connectivity index (χ0) is 14.7. The van der Waals surface area contributed by atoms with Crippen LogP contribution in [-0.2, 0) is 19.3 Å². The van der Waals surface area contributed by atoms with Crippen molar-refractivity contribution in [2.45, 2.75) is 32.2 Å². The lowest BCUT2D eigenvalue weighted by atomic mass is 10.0. The van der Waals surface area contributed by atoms with Gasteiger partial charge in [-0.05, 0) is 48.9 Å². The van der Waals surface area contributed by atoms with Crippen LogP contribution in [-0.4, -0.2) is 19.1 Å². The molecule has 0 bridgehead atoms. The Morgan fingerprint density at radius 1 is 0.952 bits per heavy atom. The lowest BCUT2D eigenvalue weighted by Gasteiger charge is -2.26. The molecule has 0 aliphatic carbocycles. The molecule has 0 aromatic heterocycles. The van der Waals surface area contributed by atoms with Crippen LogP contribution in [0.2, 0.25) is 0 Å². The normalized spacial score (nSPS) is 16.2. The first-order valence-electron chi connectivity index (χ1n) is 7.89. The molecule has 2 aromatic carbocycles. The van der Waals surface area contributed by atoms with Crippen molar-refractivity contribution in [3.8, 4) is 0 Å². The van der Waals surface area contributed by atoms with Crippen LogP contribution in [0.5, 0.6) is 0 Å². The first-order valence-corrected chi connectivity index (χ1v) is 7.89. The molecule has 0 radical (unpaired) electrons. The topological polar surface area (TPSA) is 29.3 Å². The van der Waals surface area contributed by atoms with Crippen molar-refractivity contribution >= 4 is 5.69 Å². The summed E-state index contributed by atoms with van der Waals surface area (Å²) >= 11 is 0. The van der Waals surface area contributed by atoms with Crippen LogP contribution >= 0.6 is 0 Å². The molecule has 1 heterocycles. The summed E-state index contributed by atoms with van der Waals surface area (Å²) in [6, 6.07) is 17.8. The molecular weight excluding hydrogens is 256 g/mol. The van der Waals surface area contributed by atoms with Gasteiger partial charge in [0.05, 0.1) is 0 Å². The van der Waals surface area contributed by atoms with E-state index >= 15 is 0 Å². The Kier molecular flexibility index (Phi) is 4.26. The lowest BCUT2D eigenvalue weighted by molar-refractivity contribution is 0.727. The van der Waals surface area contributed by atoms with Crippen LogP contribution in [0.4, 0.5) is 5.69 Å². The van der Waals surface area contributed by atoms with Crippen LogP contribution in [0.3, 0.4) is 0 Å². The molecule has 2 heteroatoms. The van der Waals surface area contributed by atoms with Gasteiger partial charge in [0.2, 0.25) is 0 Å². The molecule has 1 aliphatic rings. The van der Waals surface area contributed by atoms with Crippen molar-refractivity contribution in [3.63, 3.8) is 0 Å². The smallest absolute Gasteiger partial charge is 0.0399 e. The van der Waals surface area contributed by atoms with E-state index in [1.54, 1.807) is 0 Å². The SMILES string of the molecule is CC(N)Cc1ccccc1N1CCc2ccccc2CC1. The molecule has 0 saturated heterocycles. The van der Waals surface area contributed by atoms with Gasteiger partial charge < -0.3 is 10.6 Å². The molecule has 0 amide bonds. The van der Waals surface area contributed by atoms with Crippen molar-refractivity contribution < 1.29 is 0 Å². The zero-order valence-electron chi connectivity index (χ0n) is 12.8. The second kappa shape index (κ2) is 6.31. The van der Waals surface area contributed by atoms with E-state index in [0.717, 1.165) is 32.4 Å². The third-order valence-electron chi connectivity index (χ3n) is 4.29. The largest absolute Gasteiger partial charge is 0.371 e. The number of nitrogens with two attached hydrogens (primary N) is 1. The Morgan fingerprint density at radius 3 is 2.14 bits per heavy atom. The second-order valence-electron chi connectivity index (χ2n) is 6.07. The van der Waals surface area contributed by atoms with Crippen LogP contribution in [0.15, 0.2) is 48.5 Å². The van der Waals surface area contributed by atoms with Gasteiger partial charge in [-0.1, -0.05) is 42.5 Å². The fourth-order valence-electron chi connectivity index (χ4n) is 3.25. The number of fused-ring (bicyclic) bond motifs is 1. The van der Waals surface area contributed by atoms with Gasteiger partial charge >= 0.3 is 0 Å². The van der Waals surface area contributed by atoms with Gasteiger partial charge in [-0.2, -0.15) is 0 Å². The van der Waals surface area contributed by atoms with E-state index in [1.807, 2.05) is 0 Å². The minimum atomic E-state index is 0.204. The Bertz CT molecular complexity index is 577. The van der Waals surface area contributed by atoms with Gasteiger partial charge in [0.15, 0.2) is 0 Å². The first-order chi connectivity index (χ1) is 10.2. The number of nitrogens with zero attached hydrogens (tertiary/aromatic N) is 1. The number of rotatable bonds is 3. The highest BCUT2D eigenvalue weighted by atomic mass is 15.1. The number of hydrogen-bond donors (Lipinski definition) is 1. The molecule has 2 nitrogen and oxygen atoms in total. The van der Waals surface area contributed by atoms with Gasteiger partial charge in [-0.15, -0.1) is 0 Å². The summed E-state index contributed by atoms with van der Waals surface area (Å²) < 4.78 is 0. The van der Waals surface area contributed by atoms with Crippen LogP contribution in [0, 0.1) is 0 Å². The van der Waals surface area contributed by atoms with Crippen molar-refractivity contribution in [1.82, 2.24) is 0 Å². The standard InChI is InChI=1S/C19H24N2/c1-15(20)14-18-8-4-5-9-19(18)21-12-10-16-6-2-3-7-17(16)11-13-21/h2-9,15H,10-14,20H2,1H3. The quantitative estimate of drug-likeness (QED) is 0.935. The maximum atomic E-state index is 6.00. The van der Waals surface area contributed by atoms with E-state index in [0.29, 0.717) is 0 Å². The number of hydrogen-bond acceptors (Lipinski definition) is 2. The third-order valence-corrected chi connectivity index (χ3v) is 4.29. The van der Waals surface area contributed by atoms with Crippen molar-refractivity contribution in [2.24, 2.45) is 5.73 Å². The molecule has 110 valence electrons. The molecule has 1 unspecified atom stereocenters. The maximum Gasteiger partial charge on any atom is 0.0399 e. The Balaban J connectivity index is 1.83. The van der Waals surface area contributed by atoms with Crippen molar-refractivity contribution in [3.05, 3.63) is 65.2 Å². The van der Waals surface area contributed by atoms with E-state index in [9.17, 15) is 0 Å². The molecule has 1 aliphatic heterocycles. The molecule has 2 N–H and O–H groups in total. The average molecular weight is 280 g/mol. The van der Waals surface area contributed by atoms with Gasteiger partial charge in [0.1, 0.15) is 0 Å². The van der Waals surface area contributed by atoms with E-state index in [-0.39, 0.29) is 6.04 Å². The lowest BCUT2D eigenvalue weighted by Crippen LogP contribution is -2.28.